The number of hydrogen-bond acceptors (Lipinski definition) is 6. The Balaban J connectivity index is 0.00000172. The highest BCUT2D eigenvalue weighted by atomic mass is 16.6. The third kappa shape index (κ3) is 5.34. The molecule has 1 heterocycles. The van der Waals surface area contributed by atoms with Gasteiger partial charge in [0, 0.05) is 6.20 Å². The van der Waals surface area contributed by atoms with Crippen LogP contribution >= 0.6 is 0 Å². The number of nitrogens with zero attached hydrogens (tertiary/aromatic N) is 2. The van der Waals surface area contributed by atoms with E-state index in [2.05, 4.69) is 9.97 Å². The van der Waals surface area contributed by atoms with Gasteiger partial charge in [-0.1, -0.05) is 13.8 Å². The Morgan fingerprint density at radius 1 is 1.05 bits per heavy atom. The van der Waals surface area contributed by atoms with Crippen molar-refractivity contribution in [2.75, 3.05) is 13.2 Å². The highest BCUT2D eigenvalue weighted by Crippen LogP contribution is 2.16. The summed E-state index contributed by atoms with van der Waals surface area (Å²) in [6, 6.07) is 0. The van der Waals surface area contributed by atoms with Crippen molar-refractivity contribution in [3.63, 3.8) is 0 Å². The Morgan fingerprint density at radius 2 is 1.55 bits per heavy atom. The summed E-state index contributed by atoms with van der Waals surface area (Å²) in [6.45, 7) is 9.48. The Kier molecular flexibility index (Phi) is 8.91. The number of ether oxygens (including phenoxy) is 2. The van der Waals surface area contributed by atoms with Gasteiger partial charge in [-0.25, -0.2) is 0 Å². The fourth-order valence-electron chi connectivity index (χ4n) is 1.34. The summed E-state index contributed by atoms with van der Waals surface area (Å²) < 4.78 is 9.70. The van der Waals surface area contributed by atoms with Crippen LogP contribution in [0.25, 0.3) is 0 Å². The molecule has 0 aliphatic carbocycles. The lowest BCUT2D eigenvalue weighted by atomic mass is 10.1. The minimum Gasteiger partial charge on any atom is -0.465 e. The van der Waals surface area contributed by atoms with E-state index in [0.717, 1.165) is 0 Å². The van der Waals surface area contributed by atoms with Gasteiger partial charge in [0.05, 0.1) is 30.8 Å². The molecule has 1 aromatic heterocycles. The van der Waals surface area contributed by atoms with Gasteiger partial charge in [0.15, 0.2) is 5.92 Å². The van der Waals surface area contributed by atoms with Crippen molar-refractivity contribution in [3.05, 3.63) is 23.8 Å². The van der Waals surface area contributed by atoms with Crippen molar-refractivity contribution >= 4 is 11.9 Å². The van der Waals surface area contributed by atoms with E-state index >= 15 is 0 Å². The molecule has 0 amide bonds. The number of aryl methyl sites for hydroxylation is 1. The zero-order valence-electron chi connectivity index (χ0n) is 12.7. The van der Waals surface area contributed by atoms with E-state index in [1.807, 2.05) is 13.8 Å². The summed E-state index contributed by atoms with van der Waals surface area (Å²) in [6.07, 6.45) is 2.87. The van der Waals surface area contributed by atoms with Crippen LogP contribution in [0.4, 0.5) is 0 Å². The fraction of sp³-hybridized carbons (Fsp3) is 0.571. The molecule has 112 valence electrons. The van der Waals surface area contributed by atoms with Crippen LogP contribution in [0.5, 0.6) is 0 Å². The fourth-order valence-corrected chi connectivity index (χ4v) is 1.34. The van der Waals surface area contributed by atoms with Crippen molar-refractivity contribution < 1.29 is 19.1 Å². The van der Waals surface area contributed by atoms with E-state index in [9.17, 15) is 9.59 Å². The Hall–Kier alpha value is -1.98. The lowest BCUT2D eigenvalue weighted by molar-refractivity contribution is -0.157. The van der Waals surface area contributed by atoms with E-state index in [4.69, 9.17) is 9.47 Å². The molecule has 0 radical (unpaired) electrons. The number of rotatable bonds is 5. The lowest BCUT2D eigenvalue weighted by Gasteiger charge is -2.13. The quantitative estimate of drug-likeness (QED) is 0.607. The van der Waals surface area contributed by atoms with Crippen LogP contribution in [-0.4, -0.2) is 35.1 Å². The molecule has 0 N–H and O–H groups in total. The predicted molar refractivity (Wildman–Crippen MR) is 74.1 cm³/mol. The first-order valence-corrected chi connectivity index (χ1v) is 6.72. The van der Waals surface area contributed by atoms with Crippen molar-refractivity contribution in [1.29, 1.82) is 0 Å². The number of hydrogen-bond donors (Lipinski definition) is 0. The second-order valence-corrected chi connectivity index (χ2v) is 3.52. The molecule has 6 heteroatoms. The second-order valence-electron chi connectivity index (χ2n) is 3.52. The molecule has 1 rings (SSSR count). The zero-order chi connectivity index (χ0) is 15.5. The van der Waals surface area contributed by atoms with Crippen LogP contribution in [0.1, 0.15) is 45.0 Å². The van der Waals surface area contributed by atoms with Crippen molar-refractivity contribution in [3.8, 4) is 0 Å². The minimum atomic E-state index is -1.17. The highest BCUT2D eigenvalue weighted by molar-refractivity contribution is 6.00. The molecule has 0 fully saturated rings. The molecule has 0 atom stereocenters. The van der Waals surface area contributed by atoms with Gasteiger partial charge in [0.1, 0.15) is 0 Å². The van der Waals surface area contributed by atoms with Gasteiger partial charge >= 0.3 is 11.9 Å². The van der Waals surface area contributed by atoms with E-state index in [1.165, 1.54) is 12.4 Å². The monoisotopic (exact) mass is 282 g/mol. The molecule has 0 bridgehead atoms. The van der Waals surface area contributed by atoms with Gasteiger partial charge in [-0.15, -0.1) is 0 Å². The number of carbonyl (C=O) groups excluding carboxylic acids is 2. The molecule has 0 saturated heterocycles. The van der Waals surface area contributed by atoms with E-state index in [0.29, 0.717) is 5.69 Å². The summed E-state index contributed by atoms with van der Waals surface area (Å²) in [4.78, 5) is 31.5. The summed E-state index contributed by atoms with van der Waals surface area (Å²) >= 11 is 0. The largest absolute Gasteiger partial charge is 0.465 e. The molecule has 0 spiro atoms. The molecule has 6 nitrogen and oxygen atoms in total. The molecular formula is C14H22N2O4. The minimum absolute atomic E-state index is 0.189. The molecule has 0 aliphatic heterocycles. The smallest absolute Gasteiger partial charge is 0.326 e. The third-order valence-corrected chi connectivity index (χ3v) is 2.14. The van der Waals surface area contributed by atoms with Gasteiger partial charge in [-0.3, -0.25) is 19.6 Å². The van der Waals surface area contributed by atoms with Crippen molar-refractivity contribution in [2.45, 2.75) is 40.5 Å². The molecule has 0 unspecified atom stereocenters. The van der Waals surface area contributed by atoms with Crippen LogP contribution in [0, 0.1) is 6.92 Å². The van der Waals surface area contributed by atoms with E-state index < -0.39 is 17.9 Å². The first kappa shape index (κ1) is 18.0. The van der Waals surface area contributed by atoms with Gasteiger partial charge in [0.2, 0.25) is 0 Å². The maximum Gasteiger partial charge on any atom is 0.326 e. The first-order valence-electron chi connectivity index (χ1n) is 6.72. The topological polar surface area (TPSA) is 78.4 Å². The van der Waals surface area contributed by atoms with E-state index in [-0.39, 0.29) is 18.9 Å². The molecule has 0 saturated carbocycles. The molecule has 1 aromatic rings. The summed E-state index contributed by atoms with van der Waals surface area (Å²) in [5, 5.41) is 0. The van der Waals surface area contributed by atoms with Crippen LogP contribution in [0.3, 0.4) is 0 Å². The molecule has 20 heavy (non-hydrogen) atoms. The summed E-state index contributed by atoms with van der Waals surface area (Å²) in [5.41, 5.74) is 0.933. The summed E-state index contributed by atoms with van der Waals surface area (Å²) in [7, 11) is 0. The first-order chi connectivity index (χ1) is 9.60. The SMILES string of the molecule is CC.CCOC(=O)C(C(=O)OCC)c1cnc(C)cn1. The predicted octanol–water partition coefficient (Wildman–Crippen LogP) is 2.02. The Bertz CT molecular complexity index is 400. The maximum absolute atomic E-state index is 11.8. The summed E-state index contributed by atoms with van der Waals surface area (Å²) in [5.74, 6) is -2.51. The van der Waals surface area contributed by atoms with Crippen molar-refractivity contribution in [2.24, 2.45) is 0 Å². The van der Waals surface area contributed by atoms with Crippen LogP contribution < -0.4 is 0 Å². The molecule has 0 aliphatic rings. The maximum atomic E-state index is 11.8. The van der Waals surface area contributed by atoms with Crippen LogP contribution in [0.2, 0.25) is 0 Å². The van der Waals surface area contributed by atoms with Crippen LogP contribution in [-0.2, 0) is 19.1 Å². The Labute approximate surface area is 119 Å². The average molecular weight is 282 g/mol. The lowest BCUT2D eigenvalue weighted by Crippen LogP contribution is -2.27. The second kappa shape index (κ2) is 9.89. The van der Waals surface area contributed by atoms with Gasteiger partial charge in [-0.05, 0) is 20.8 Å². The highest BCUT2D eigenvalue weighted by Gasteiger charge is 2.32. The molecular weight excluding hydrogens is 260 g/mol. The standard InChI is InChI=1S/C12H16N2O4.C2H6/c1-4-17-11(15)10(12(16)18-5-2)9-7-13-8(3)6-14-9;1-2/h6-7,10H,4-5H2,1-3H3;1-2H3. The number of esters is 2. The van der Waals surface area contributed by atoms with Crippen molar-refractivity contribution in [1.82, 2.24) is 9.97 Å². The number of aromatic nitrogens is 2. The zero-order valence-corrected chi connectivity index (χ0v) is 12.7. The third-order valence-electron chi connectivity index (χ3n) is 2.14. The van der Waals surface area contributed by atoms with E-state index in [1.54, 1.807) is 20.8 Å². The van der Waals surface area contributed by atoms with Gasteiger partial charge < -0.3 is 9.47 Å². The Morgan fingerprint density at radius 3 is 1.90 bits per heavy atom. The number of carbonyl (C=O) groups is 2. The van der Waals surface area contributed by atoms with Crippen LogP contribution in [0.15, 0.2) is 12.4 Å². The van der Waals surface area contributed by atoms with Gasteiger partial charge in [0.25, 0.3) is 0 Å². The normalized spacial score (nSPS) is 9.50. The van der Waals surface area contributed by atoms with Gasteiger partial charge in [-0.2, -0.15) is 0 Å². The molecule has 0 aromatic carbocycles. The average Bonchev–Trinajstić information content (AvgIpc) is 2.44.